The summed E-state index contributed by atoms with van der Waals surface area (Å²) in [6, 6.07) is 6.13. The van der Waals surface area contributed by atoms with E-state index in [-0.39, 0.29) is 5.97 Å². The van der Waals surface area contributed by atoms with Gasteiger partial charge in [-0.1, -0.05) is 28.1 Å². The number of ether oxygens (including phenoxy) is 1. The molecule has 2 rings (SSSR count). The molecule has 1 unspecified atom stereocenters. The van der Waals surface area contributed by atoms with Crippen molar-refractivity contribution in [1.82, 2.24) is 0 Å². The topological polar surface area (TPSA) is 38.7 Å². The van der Waals surface area contributed by atoms with Crippen LogP contribution in [0.15, 0.2) is 27.7 Å². The third-order valence-electron chi connectivity index (χ3n) is 3.14. The van der Waals surface area contributed by atoms with E-state index in [9.17, 15) is 4.79 Å². The Hall–Kier alpha value is -1.16. The van der Waals surface area contributed by atoms with Crippen molar-refractivity contribution in [2.24, 2.45) is 10.9 Å². The van der Waals surface area contributed by atoms with Crippen molar-refractivity contribution < 1.29 is 9.53 Å². The summed E-state index contributed by atoms with van der Waals surface area (Å²) in [5.41, 5.74) is 0. The third kappa shape index (κ3) is 3.42. The second kappa shape index (κ2) is 6.14. The number of rotatable bonds is 3. The number of halogens is 1. The molecular formula is C14H16BrNO2. The summed E-state index contributed by atoms with van der Waals surface area (Å²) in [5, 5.41) is 2.19. The molecule has 0 saturated heterocycles. The Labute approximate surface area is 115 Å². The maximum atomic E-state index is 11.2. The van der Waals surface area contributed by atoms with Gasteiger partial charge in [-0.05, 0) is 36.1 Å². The lowest BCUT2D eigenvalue weighted by atomic mass is 9.98. The highest BCUT2D eigenvalue weighted by atomic mass is 79.9. The van der Waals surface area contributed by atoms with Crippen LogP contribution in [0.2, 0.25) is 0 Å². The van der Waals surface area contributed by atoms with Gasteiger partial charge in [-0.2, -0.15) is 0 Å². The van der Waals surface area contributed by atoms with Crippen LogP contribution in [0.4, 0.5) is 0 Å². The smallest absolute Gasteiger partial charge is 0.305 e. The molecule has 1 aromatic rings. The van der Waals surface area contributed by atoms with E-state index in [0.717, 1.165) is 34.4 Å². The minimum absolute atomic E-state index is 0.138. The van der Waals surface area contributed by atoms with Crippen molar-refractivity contribution in [1.29, 1.82) is 0 Å². The van der Waals surface area contributed by atoms with Crippen molar-refractivity contribution in [2.45, 2.75) is 19.3 Å². The van der Waals surface area contributed by atoms with Crippen molar-refractivity contribution in [3.8, 4) is 0 Å². The van der Waals surface area contributed by atoms with Gasteiger partial charge in [0.1, 0.15) is 0 Å². The monoisotopic (exact) mass is 309 g/mol. The summed E-state index contributed by atoms with van der Waals surface area (Å²) in [6.07, 6.45) is 4.52. The highest BCUT2D eigenvalue weighted by Gasteiger charge is 2.10. The van der Waals surface area contributed by atoms with Gasteiger partial charge in [0, 0.05) is 17.4 Å². The molecule has 0 spiro atoms. The summed E-state index contributed by atoms with van der Waals surface area (Å²) in [6.45, 7) is 0.811. The first kappa shape index (κ1) is 13.3. The van der Waals surface area contributed by atoms with Crippen LogP contribution in [0, 0.1) is 5.92 Å². The quantitative estimate of drug-likeness (QED) is 0.799. The summed E-state index contributed by atoms with van der Waals surface area (Å²) >= 11 is 3.46. The SMILES string of the molecule is COC(=O)CCC1C=c2ccc(Br)cc2=NCC1. The van der Waals surface area contributed by atoms with E-state index in [1.165, 1.54) is 7.11 Å². The van der Waals surface area contributed by atoms with Crippen LogP contribution < -0.4 is 10.6 Å². The second-order valence-electron chi connectivity index (χ2n) is 4.42. The molecule has 0 saturated carbocycles. The van der Waals surface area contributed by atoms with Gasteiger partial charge in [0.25, 0.3) is 0 Å². The average molecular weight is 310 g/mol. The first-order valence-corrected chi connectivity index (χ1v) is 6.87. The van der Waals surface area contributed by atoms with Gasteiger partial charge in [-0.3, -0.25) is 9.79 Å². The molecule has 1 atom stereocenters. The Morgan fingerprint density at radius 3 is 3.17 bits per heavy atom. The molecular weight excluding hydrogens is 294 g/mol. The number of hydrogen-bond donors (Lipinski definition) is 0. The highest BCUT2D eigenvalue weighted by Crippen LogP contribution is 2.15. The Morgan fingerprint density at radius 2 is 2.39 bits per heavy atom. The average Bonchev–Trinajstić information content (AvgIpc) is 2.57. The summed E-state index contributed by atoms with van der Waals surface area (Å²) in [5.74, 6) is 0.260. The van der Waals surface area contributed by atoms with Crippen LogP contribution in [-0.4, -0.2) is 19.6 Å². The number of hydrogen-bond acceptors (Lipinski definition) is 3. The molecule has 1 heterocycles. The lowest BCUT2D eigenvalue weighted by Gasteiger charge is -2.08. The number of nitrogens with zero attached hydrogens (tertiary/aromatic N) is 1. The van der Waals surface area contributed by atoms with Gasteiger partial charge >= 0.3 is 5.97 Å². The van der Waals surface area contributed by atoms with Crippen molar-refractivity contribution in [3.63, 3.8) is 0 Å². The molecule has 0 bridgehead atoms. The van der Waals surface area contributed by atoms with Gasteiger partial charge in [0.05, 0.1) is 12.5 Å². The lowest BCUT2D eigenvalue weighted by Crippen LogP contribution is -2.24. The summed E-state index contributed by atoms with van der Waals surface area (Å²) in [7, 11) is 1.43. The van der Waals surface area contributed by atoms with Gasteiger partial charge in [-0.25, -0.2) is 0 Å². The molecule has 0 aliphatic carbocycles. The molecule has 1 aliphatic rings. The fraction of sp³-hybridized carbons (Fsp3) is 0.429. The Kier molecular flexibility index (Phi) is 4.53. The minimum Gasteiger partial charge on any atom is -0.469 e. The van der Waals surface area contributed by atoms with Crippen molar-refractivity contribution in [2.75, 3.05) is 13.7 Å². The fourth-order valence-electron chi connectivity index (χ4n) is 2.12. The van der Waals surface area contributed by atoms with Gasteiger partial charge in [0.2, 0.25) is 0 Å². The molecule has 3 nitrogen and oxygen atoms in total. The third-order valence-corrected chi connectivity index (χ3v) is 3.63. The van der Waals surface area contributed by atoms with E-state index in [4.69, 9.17) is 0 Å². The predicted molar refractivity (Wildman–Crippen MR) is 73.6 cm³/mol. The van der Waals surface area contributed by atoms with Gasteiger partial charge in [0.15, 0.2) is 0 Å². The summed E-state index contributed by atoms with van der Waals surface area (Å²) < 4.78 is 5.72. The molecule has 0 radical (unpaired) electrons. The summed E-state index contributed by atoms with van der Waals surface area (Å²) in [4.78, 5) is 15.7. The van der Waals surface area contributed by atoms with Gasteiger partial charge in [-0.15, -0.1) is 0 Å². The first-order chi connectivity index (χ1) is 8.69. The Bertz CT molecular complexity index is 553. The van der Waals surface area contributed by atoms with E-state index in [1.54, 1.807) is 0 Å². The van der Waals surface area contributed by atoms with E-state index in [0.29, 0.717) is 12.3 Å². The predicted octanol–water partition coefficient (Wildman–Crippen LogP) is 1.82. The minimum atomic E-state index is -0.138. The van der Waals surface area contributed by atoms with Crippen LogP contribution in [0.3, 0.4) is 0 Å². The zero-order valence-electron chi connectivity index (χ0n) is 10.4. The molecule has 18 heavy (non-hydrogen) atoms. The van der Waals surface area contributed by atoms with Crippen molar-refractivity contribution in [3.05, 3.63) is 33.2 Å². The molecule has 0 amide bonds. The standard InChI is InChI=1S/C14H16BrNO2/c1-18-14(17)5-2-10-6-7-16-13-9-12(15)4-3-11(13)8-10/h3-4,8-10H,2,5-7H2,1H3. The van der Waals surface area contributed by atoms with Crippen LogP contribution in [-0.2, 0) is 9.53 Å². The van der Waals surface area contributed by atoms with Crippen LogP contribution in [0.25, 0.3) is 6.08 Å². The number of benzene rings is 1. The fourth-order valence-corrected chi connectivity index (χ4v) is 2.46. The van der Waals surface area contributed by atoms with Gasteiger partial charge < -0.3 is 4.74 Å². The van der Waals surface area contributed by atoms with E-state index < -0.39 is 0 Å². The highest BCUT2D eigenvalue weighted by molar-refractivity contribution is 9.10. The van der Waals surface area contributed by atoms with Crippen LogP contribution in [0.5, 0.6) is 0 Å². The Balaban J connectivity index is 2.18. The molecule has 0 N–H and O–H groups in total. The molecule has 1 aromatic carbocycles. The van der Waals surface area contributed by atoms with E-state index in [1.807, 2.05) is 12.1 Å². The van der Waals surface area contributed by atoms with Crippen LogP contribution in [0.1, 0.15) is 19.3 Å². The molecule has 1 aliphatic heterocycles. The zero-order chi connectivity index (χ0) is 13.0. The number of carbonyl (C=O) groups is 1. The Morgan fingerprint density at radius 1 is 1.56 bits per heavy atom. The molecule has 0 aromatic heterocycles. The van der Waals surface area contributed by atoms with E-state index >= 15 is 0 Å². The number of methoxy groups -OCH3 is 1. The maximum absolute atomic E-state index is 11.2. The largest absolute Gasteiger partial charge is 0.469 e. The maximum Gasteiger partial charge on any atom is 0.305 e. The molecule has 4 heteroatoms. The zero-order valence-corrected chi connectivity index (χ0v) is 11.9. The first-order valence-electron chi connectivity index (χ1n) is 6.08. The lowest BCUT2D eigenvalue weighted by molar-refractivity contribution is -0.140. The molecule has 0 fully saturated rings. The molecule has 96 valence electrons. The van der Waals surface area contributed by atoms with Crippen molar-refractivity contribution >= 4 is 28.0 Å². The normalized spacial score (nSPS) is 18.0. The van der Waals surface area contributed by atoms with Crippen LogP contribution >= 0.6 is 15.9 Å². The number of esters is 1. The number of carbonyl (C=O) groups excluding carboxylic acids is 1. The second-order valence-corrected chi connectivity index (χ2v) is 5.33. The van der Waals surface area contributed by atoms with E-state index in [2.05, 4.69) is 37.8 Å². The number of fused-ring (bicyclic) bond motifs is 1.